The highest BCUT2D eigenvalue weighted by atomic mass is 16.4. The van der Waals surface area contributed by atoms with Crippen LogP contribution in [0.5, 0.6) is 0 Å². The molecular formula is C15H16N6O2. The zero-order valence-corrected chi connectivity index (χ0v) is 12.7. The molecule has 0 aliphatic rings. The summed E-state index contributed by atoms with van der Waals surface area (Å²) in [4.78, 5) is 27.2. The van der Waals surface area contributed by atoms with E-state index in [2.05, 4.69) is 25.3 Å². The lowest BCUT2D eigenvalue weighted by atomic mass is 10.2. The Kier molecular flexibility index (Phi) is 4.98. The van der Waals surface area contributed by atoms with Gasteiger partial charge >= 0.3 is 5.97 Å². The highest BCUT2D eigenvalue weighted by Gasteiger charge is 2.13. The number of carbonyl (C=O) groups is 1. The van der Waals surface area contributed by atoms with Gasteiger partial charge in [0.05, 0.1) is 11.1 Å². The Morgan fingerprint density at radius 3 is 2.74 bits per heavy atom. The van der Waals surface area contributed by atoms with Crippen LogP contribution in [0.15, 0.2) is 36.8 Å². The molecule has 0 amide bonds. The molecule has 0 radical (unpaired) electrons. The number of nitrogen functional groups attached to an aromatic ring is 1. The minimum Gasteiger partial charge on any atom is -0.478 e. The Labute approximate surface area is 132 Å². The van der Waals surface area contributed by atoms with Gasteiger partial charge in [-0.15, -0.1) is 0 Å². The maximum absolute atomic E-state index is 11.2. The third-order valence-electron chi connectivity index (χ3n) is 2.79. The van der Waals surface area contributed by atoms with Gasteiger partial charge in [0.2, 0.25) is 5.95 Å². The molecule has 8 heteroatoms. The number of pyridine rings is 2. The molecule has 23 heavy (non-hydrogen) atoms. The minimum absolute atomic E-state index is 0.0340. The Hall–Kier alpha value is -3.29. The quantitative estimate of drug-likeness (QED) is 0.673. The van der Waals surface area contributed by atoms with E-state index in [1.165, 1.54) is 12.4 Å². The molecule has 0 aliphatic carbocycles. The van der Waals surface area contributed by atoms with Crippen molar-refractivity contribution in [2.75, 3.05) is 11.1 Å². The summed E-state index contributed by atoms with van der Waals surface area (Å²) in [6.45, 7) is 4.00. The molecule has 3 aromatic heterocycles. The summed E-state index contributed by atoms with van der Waals surface area (Å²) in [5, 5.41) is 12.7. The normalized spacial score (nSPS) is 9.83. The van der Waals surface area contributed by atoms with Crippen molar-refractivity contribution in [3.8, 4) is 0 Å². The second-order valence-corrected chi connectivity index (χ2v) is 4.16. The number of anilines is 3. The van der Waals surface area contributed by atoms with E-state index >= 15 is 0 Å². The van der Waals surface area contributed by atoms with Crippen molar-refractivity contribution in [3.63, 3.8) is 0 Å². The van der Waals surface area contributed by atoms with Crippen LogP contribution < -0.4 is 11.1 Å². The van der Waals surface area contributed by atoms with E-state index in [0.29, 0.717) is 22.5 Å². The fraction of sp³-hybridized carbons (Fsp3) is 0.133. The van der Waals surface area contributed by atoms with Crippen molar-refractivity contribution < 1.29 is 9.90 Å². The van der Waals surface area contributed by atoms with Crippen LogP contribution in [0.2, 0.25) is 0 Å². The van der Waals surface area contributed by atoms with Crippen molar-refractivity contribution in [2.24, 2.45) is 0 Å². The fourth-order valence-corrected chi connectivity index (χ4v) is 1.88. The monoisotopic (exact) mass is 312 g/mol. The first-order valence-corrected chi connectivity index (χ1v) is 6.98. The Morgan fingerprint density at radius 1 is 1.22 bits per heavy atom. The zero-order chi connectivity index (χ0) is 16.8. The van der Waals surface area contributed by atoms with Crippen molar-refractivity contribution in [3.05, 3.63) is 42.4 Å². The van der Waals surface area contributed by atoms with Gasteiger partial charge in [0.1, 0.15) is 11.4 Å². The summed E-state index contributed by atoms with van der Waals surface area (Å²) in [5.74, 6) is -0.649. The van der Waals surface area contributed by atoms with E-state index in [4.69, 9.17) is 10.8 Å². The standard InChI is InChI=1S/C13H10N6O2.C2H6/c14-13-18-10-7(2-1-4-16-10)11(19-13)17-9-3-5-15-6-8(9)12(20)21;1-2/h1-6H,(H,20,21)(H3,14,15,16,17,18,19);1-2H3. The lowest BCUT2D eigenvalue weighted by Crippen LogP contribution is -2.06. The van der Waals surface area contributed by atoms with E-state index in [9.17, 15) is 4.79 Å². The van der Waals surface area contributed by atoms with Gasteiger partial charge in [-0.1, -0.05) is 13.8 Å². The van der Waals surface area contributed by atoms with Crippen LogP contribution in [0.1, 0.15) is 24.2 Å². The predicted octanol–water partition coefficient (Wildman–Crippen LogP) is 2.47. The molecule has 8 nitrogen and oxygen atoms in total. The van der Waals surface area contributed by atoms with Gasteiger partial charge < -0.3 is 16.2 Å². The number of rotatable bonds is 3. The number of nitrogens with zero attached hydrogens (tertiary/aromatic N) is 4. The zero-order valence-electron chi connectivity index (χ0n) is 12.7. The van der Waals surface area contributed by atoms with Crippen molar-refractivity contribution >= 4 is 34.5 Å². The largest absolute Gasteiger partial charge is 0.478 e. The molecular weight excluding hydrogens is 296 g/mol. The molecule has 3 heterocycles. The molecule has 0 spiro atoms. The maximum atomic E-state index is 11.2. The summed E-state index contributed by atoms with van der Waals surface area (Å²) >= 11 is 0. The summed E-state index contributed by atoms with van der Waals surface area (Å²) in [6.07, 6.45) is 4.34. The maximum Gasteiger partial charge on any atom is 0.339 e. The van der Waals surface area contributed by atoms with Crippen LogP contribution in [0.3, 0.4) is 0 Å². The van der Waals surface area contributed by atoms with Crippen LogP contribution in [0.25, 0.3) is 11.0 Å². The number of aromatic carboxylic acids is 1. The predicted molar refractivity (Wildman–Crippen MR) is 87.6 cm³/mol. The van der Waals surface area contributed by atoms with E-state index < -0.39 is 5.97 Å². The smallest absolute Gasteiger partial charge is 0.339 e. The number of aromatic nitrogens is 4. The van der Waals surface area contributed by atoms with Crippen LogP contribution in [-0.2, 0) is 0 Å². The number of nitrogens with two attached hydrogens (primary N) is 1. The second kappa shape index (κ2) is 7.12. The Morgan fingerprint density at radius 2 is 2.00 bits per heavy atom. The van der Waals surface area contributed by atoms with Gasteiger partial charge in [-0.3, -0.25) is 4.98 Å². The third kappa shape index (κ3) is 3.49. The molecule has 3 aromatic rings. The highest BCUT2D eigenvalue weighted by Crippen LogP contribution is 2.24. The first-order chi connectivity index (χ1) is 11.1. The van der Waals surface area contributed by atoms with Gasteiger partial charge in [0, 0.05) is 18.6 Å². The molecule has 0 unspecified atom stereocenters. The number of hydrogen-bond acceptors (Lipinski definition) is 7. The third-order valence-corrected chi connectivity index (χ3v) is 2.79. The van der Waals surface area contributed by atoms with Gasteiger partial charge in [-0.25, -0.2) is 9.78 Å². The van der Waals surface area contributed by atoms with E-state index in [1.807, 2.05) is 13.8 Å². The number of nitrogens with one attached hydrogen (secondary N) is 1. The first kappa shape index (κ1) is 16.1. The number of fused-ring (bicyclic) bond motifs is 1. The SMILES string of the molecule is CC.Nc1nc(Nc2ccncc2C(=O)O)c2cccnc2n1. The number of hydrogen-bond donors (Lipinski definition) is 3. The van der Waals surface area contributed by atoms with Gasteiger partial charge in [-0.05, 0) is 18.2 Å². The lowest BCUT2D eigenvalue weighted by Gasteiger charge is -2.10. The summed E-state index contributed by atoms with van der Waals surface area (Å²) in [6, 6.07) is 5.05. The van der Waals surface area contributed by atoms with E-state index in [0.717, 1.165) is 0 Å². The molecule has 0 saturated carbocycles. The highest BCUT2D eigenvalue weighted by molar-refractivity contribution is 5.97. The molecule has 3 rings (SSSR count). The number of carboxylic acids is 1. The lowest BCUT2D eigenvalue weighted by molar-refractivity contribution is 0.0697. The molecule has 0 aliphatic heterocycles. The Balaban J connectivity index is 0.000000924. The first-order valence-electron chi connectivity index (χ1n) is 6.98. The molecule has 118 valence electrons. The van der Waals surface area contributed by atoms with Crippen LogP contribution in [0.4, 0.5) is 17.5 Å². The summed E-state index contributed by atoms with van der Waals surface area (Å²) in [5.41, 5.74) is 6.47. The number of carboxylic acid groups (broad SMARTS) is 1. The van der Waals surface area contributed by atoms with Crippen LogP contribution in [0, 0.1) is 0 Å². The summed E-state index contributed by atoms with van der Waals surface area (Å²) < 4.78 is 0. The topological polar surface area (TPSA) is 127 Å². The molecule has 0 saturated heterocycles. The van der Waals surface area contributed by atoms with Gasteiger partial charge in [0.25, 0.3) is 0 Å². The van der Waals surface area contributed by atoms with Gasteiger partial charge in [0.15, 0.2) is 5.65 Å². The van der Waals surface area contributed by atoms with Crippen molar-refractivity contribution in [1.29, 1.82) is 0 Å². The summed E-state index contributed by atoms with van der Waals surface area (Å²) in [7, 11) is 0. The van der Waals surface area contributed by atoms with E-state index in [-0.39, 0.29) is 11.5 Å². The van der Waals surface area contributed by atoms with Crippen LogP contribution >= 0.6 is 0 Å². The Bertz CT molecular complexity index is 837. The van der Waals surface area contributed by atoms with Gasteiger partial charge in [-0.2, -0.15) is 9.97 Å². The molecule has 4 N–H and O–H groups in total. The van der Waals surface area contributed by atoms with Crippen molar-refractivity contribution in [2.45, 2.75) is 13.8 Å². The fourth-order valence-electron chi connectivity index (χ4n) is 1.88. The van der Waals surface area contributed by atoms with E-state index in [1.54, 1.807) is 24.4 Å². The molecule has 0 fully saturated rings. The molecule has 0 bridgehead atoms. The molecule has 0 atom stereocenters. The minimum atomic E-state index is -1.09. The average Bonchev–Trinajstić information content (AvgIpc) is 2.57. The molecule has 0 aromatic carbocycles. The van der Waals surface area contributed by atoms with Crippen molar-refractivity contribution in [1.82, 2.24) is 19.9 Å². The second-order valence-electron chi connectivity index (χ2n) is 4.16. The van der Waals surface area contributed by atoms with Crippen LogP contribution in [-0.4, -0.2) is 31.0 Å². The average molecular weight is 312 g/mol.